The van der Waals surface area contributed by atoms with E-state index >= 15 is 0 Å². The minimum absolute atomic E-state index is 0.155. The van der Waals surface area contributed by atoms with Gasteiger partial charge < -0.3 is 25.0 Å². The maximum Gasteiger partial charge on any atom is 0.320 e. The average molecular weight is 740 g/mol. The Morgan fingerprint density at radius 3 is 2.59 bits per heavy atom. The molecule has 0 spiro atoms. The van der Waals surface area contributed by atoms with E-state index in [0.29, 0.717) is 11.9 Å². The Balaban J connectivity index is 0.00000160. The van der Waals surface area contributed by atoms with E-state index in [0.717, 1.165) is 91.7 Å². The topological polar surface area (TPSA) is 160 Å². The molecule has 2 aliphatic rings. The molecule has 1 aliphatic heterocycles. The van der Waals surface area contributed by atoms with Crippen LogP contribution in [0, 0.1) is 0 Å². The summed E-state index contributed by atoms with van der Waals surface area (Å²) >= 11 is 0. The van der Waals surface area contributed by atoms with Crippen LogP contribution in [0.5, 0.6) is 5.75 Å². The van der Waals surface area contributed by atoms with Gasteiger partial charge in [-0.3, -0.25) is 19.2 Å². The van der Waals surface area contributed by atoms with E-state index in [1.54, 1.807) is 10.9 Å². The van der Waals surface area contributed by atoms with E-state index in [1.165, 1.54) is 6.42 Å². The molecule has 3 atom stereocenters. The van der Waals surface area contributed by atoms with Gasteiger partial charge in [0.25, 0.3) is 6.47 Å². The van der Waals surface area contributed by atoms with Crippen molar-refractivity contribution in [3.8, 4) is 11.4 Å². The van der Waals surface area contributed by atoms with Crippen LogP contribution < -0.4 is 20.3 Å². The highest BCUT2D eigenvalue weighted by molar-refractivity contribution is 5.89. The fourth-order valence-corrected chi connectivity index (χ4v) is 7.07. The van der Waals surface area contributed by atoms with Gasteiger partial charge in [0.15, 0.2) is 5.65 Å². The van der Waals surface area contributed by atoms with Gasteiger partial charge in [-0.05, 0) is 75.9 Å². The van der Waals surface area contributed by atoms with E-state index in [2.05, 4.69) is 89.5 Å². The summed E-state index contributed by atoms with van der Waals surface area (Å²) in [6.45, 7) is 14.1. The second kappa shape index (κ2) is 16.7. The van der Waals surface area contributed by atoms with Gasteiger partial charge in [-0.1, -0.05) is 52.0 Å². The standard InChI is InChI=1S/C38H51N11O2.CH2O2/c1-7-45(6)20-21-46-24-27(23-39-46)49-35(22-33(44-49)38(3,4)5)41-36(50)40-31-16-17-32(30-14-9-8-13-29(30)31)51-28-15-18-34-42-43-37(48(34)25-28)47-19-11-10-12-26(47)2;2-1-3/h8-9,13-15,18,22-26,31-32H,7,10-12,16-17,19-21H2,1-6H3,(H2,40,41,50);1H,(H,2,3). The summed E-state index contributed by atoms with van der Waals surface area (Å²) in [5.74, 6) is 2.23. The van der Waals surface area contributed by atoms with Crippen LogP contribution in [0.15, 0.2) is 61.1 Å². The van der Waals surface area contributed by atoms with E-state index < -0.39 is 0 Å². The third-order valence-electron chi connectivity index (χ3n) is 10.3. The molecule has 5 heterocycles. The first-order chi connectivity index (χ1) is 26.0. The largest absolute Gasteiger partial charge is 0.484 e. The molecule has 15 heteroatoms. The first-order valence-electron chi connectivity index (χ1n) is 18.8. The maximum absolute atomic E-state index is 13.7. The summed E-state index contributed by atoms with van der Waals surface area (Å²) in [5, 5.41) is 31.7. The molecular weight excluding hydrogens is 687 g/mol. The number of likely N-dealkylation sites (N-methyl/N-ethyl adjacent to an activating group) is 1. The molecule has 1 fully saturated rings. The zero-order valence-electron chi connectivity index (χ0n) is 32.1. The SMILES string of the molecule is CCN(C)CCn1cc(-n2nc(C(C)(C)C)cc2NC(=O)NC2CCC(Oc3ccc4nnc(N5CCCCC5C)n4c3)c3ccccc32)cn1.O=CO. The van der Waals surface area contributed by atoms with Crippen molar-refractivity contribution in [3.63, 3.8) is 0 Å². The molecule has 5 aromatic rings. The Hall–Kier alpha value is -5.44. The Morgan fingerprint density at radius 1 is 1.07 bits per heavy atom. The number of aromatic nitrogens is 7. The average Bonchev–Trinajstić information content (AvgIpc) is 3.91. The van der Waals surface area contributed by atoms with Gasteiger partial charge in [-0.15, -0.1) is 10.2 Å². The van der Waals surface area contributed by atoms with Gasteiger partial charge in [0.1, 0.15) is 23.4 Å². The number of carboxylic acid groups (broad SMARTS) is 1. The number of piperidine rings is 1. The lowest BCUT2D eigenvalue weighted by Crippen LogP contribution is -2.38. The number of anilines is 2. The summed E-state index contributed by atoms with van der Waals surface area (Å²) in [5.41, 5.74) is 4.40. The molecule has 288 valence electrons. The minimum atomic E-state index is -0.287. The maximum atomic E-state index is 13.7. The summed E-state index contributed by atoms with van der Waals surface area (Å²) in [6, 6.07) is 14.1. The third-order valence-corrected chi connectivity index (χ3v) is 10.3. The van der Waals surface area contributed by atoms with Gasteiger partial charge in [0, 0.05) is 30.6 Å². The van der Waals surface area contributed by atoms with Crippen LogP contribution in [-0.4, -0.2) is 89.4 Å². The monoisotopic (exact) mass is 739 g/mol. The number of pyridine rings is 1. The molecule has 1 aromatic carbocycles. The first-order valence-corrected chi connectivity index (χ1v) is 18.8. The number of hydrogen-bond acceptors (Lipinski definition) is 9. The third kappa shape index (κ3) is 8.67. The molecule has 0 saturated carbocycles. The molecule has 7 rings (SSSR count). The number of rotatable bonds is 10. The van der Waals surface area contributed by atoms with E-state index in [4.69, 9.17) is 19.7 Å². The Morgan fingerprint density at radius 2 is 1.85 bits per heavy atom. The van der Waals surface area contributed by atoms with Gasteiger partial charge in [-0.25, -0.2) is 9.48 Å². The number of nitrogens with zero attached hydrogens (tertiary/aromatic N) is 9. The van der Waals surface area contributed by atoms with Crippen molar-refractivity contribution in [2.24, 2.45) is 0 Å². The summed E-state index contributed by atoms with van der Waals surface area (Å²) < 4.78 is 12.4. The number of amides is 2. The van der Waals surface area contributed by atoms with Crippen molar-refractivity contribution in [3.05, 3.63) is 77.9 Å². The van der Waals surface area contributed by atoms with Crippen molar-refractivity contribution in [1.82, 2.24) is 44.4 Å². The highest BCUT2D eigenvalue weighted by atomic mass is 16.5. The smallest absolute Gasteiger partial charge is 0.320 e. The minimum Gasteiger partial charge on any atom is -0.484 e. The van der Waals surface area contributed by atoms with Gasteiger partial charge in [0.05, 0.1) is 36.9 Å². The first kappa shape index (κ1) is 38.3. The molecular formula is C39H53N11O4. The molecule has 3 N–H and O–H groups in total. The molecule has 2 amide bonds. The highest BCUT2D eigenvalue weighted by Crippen LogP contribution is 2.39. The van der Waals surface area contributed by atoms with E-state index in [-0.39, 0.29) is 30.1 Å². The lowest BCUT2D eigenvalue weighted by molar-refractivity contribution is -0.122. The van der Waals surface area contributed by atoms with Crippen molar-refractivity contribution >= 4 is 29.9 Å². The van der Waals surface area contributed by atoms with Gasteiger partial charge >= 0.3 is 6.03 Å². The molecule has 15 nitrogen and oxygen atoms in total. The Bertz CT molecular complexity index is 2030. The van der Waals surface area contributed by atoms with Crippen LogP contribution in [0.25, 0.3) is 11.3 Å². The summed E-state index contributed by atoms with van der Waals surface area (Å²) in [7, 11) is 2.09. The highest BCUT2D eigenvalue weighted by Gasteiger charge is 2.31. The second-order valence-corrected chi connectivity index (χ2v) is 15.1. The van der Waals surface area contributed by atoms with Crippen molar-refractivity contribution in [2.75, 3.05) is 36.9 Å². The van der Waals surface area contributed by atoms with Gasteiger partial charge in [-0.2, -0.15) is 10.2 Å². The predicted octanol–water partition coefficient (Wildman–Crippen LogP) is 6.22. The van der Waals surface area contributed by atoms with Gasteiger partial charge in [0.2, 0.25) is 5.95 Å². The number of benzene rings is 1. The lowest BCUT2D eigenvalue weighted by atomic mass is 9.85. The Kier molecular flexibility index (Phi) is 11.8. The van der Waals surface area contributed by atoms with Crippen LogP contribution in [0.4, 0.5) is 16.6 Å². The predicted molar refractivity (Wildman–Crippen MR) is 207 cm³/mol. The summed E-state index contributed by atoms with van der Waals surface area (Å²) in [4.78, 5) is 26.6. The van der Waals surface area contributed by atoms with Crippen molar-refractivity contribution in [2.45, 2.75) is 96.9 Å². The zero-order chi connectivity index (χ0) is 38.4. The van der Waals surface area contributed by atoms with Crippen LogP contribution in [0.2, 0.25) is 0 Å². The van der Waals surface area contributed by atoms with Crippen molar-refractivity contribution < 1.29 is 19.4 Å². The summed E-state index contributed by atoms with van der Waals surface area (Å²) in [6.07, 6.45) is 10.7. The lowest BCUT2D eigenvalue weighted by Gasteiger charge is -2.33. The Labute approximate surface area is 316 Å². The fourth-order valence-electron chi connectivity index (χ4n) is 7.07. The number of nitrogens with one attached hydrogen (secondary N) is 2. The normalized spacial score (nSPS) is 18.5. The van der Waals surface area contributed by atoms with E-state index in [1.807, 2.05) is 51.8 Å². The fraction of sp³-hybridized carbons (Fsp3) is 0.487. The van der Waals surface area contributed by atoms with Crippen LogP contribution in [0.3, 0.4) is 0 Å². The quantitative estimate of drug-likeness (QED) is 0.140. The zero-order valence-corrected chi connectivity index (χ0v) is 32.1. The number of carbonyl (C=O) groups excluding carboxylic acids is 1. The van der Waals surface area contributed by atoms with Crippen LogP contribution in [0.1, 0.15) is 95.7 Å². The number of hydrogen-bond donors (Lipinski definition) is 3. The van der Waals surface area contributed by atoms with Crippen LogP contribution in [-0.2, 0) is 16.8 Å². The molecule has 54 heavy (non-hydrogen) atoms. The van der Waals surface area contributed by atoms with Crippen molar-refractivity contribution in [1.29, 1.82) is 0 Å². The molecule has 1 aliphatic carbocycles. The van der Waals surface area contributed by atoms with Crippen LogP contribution >= 0.6 is 0 Å². The molecule has 0 radical (unpaired) electrons. The molecule has 0 bridgehead atoms. The number of fused-ring (bicyclic) bond motifs is 2. The molecule has 4 aromatic heterocycles. The number of ether oxygens (including phenoxy) is 1. The number of urea groups is 1. The second-order valence-electron chi connectivity index (χ2n) is 15.1. The van der Waals surface area contributed by atoms with E-state index in [9.17, 15) is 4.79 Å². The molecule has 3 unspecified atom stereocenters. The molecule has 1 saturated heterocycles. The number of carbonyl (C=O) groups is 2.